The van der Waals surface area contributed by atoms with Crippen molar-refractivity contribution in [2.45, 2.75) is 0 Å². The molecule has 0 amide bonds. The van der Waals surface area contributed by atoms with Crippen molar-refractivity contribution in [3.63, 3.8) is 0 Å². The molecule has 1 N–H and O–H groups in total. The summed E-state index contributed by atoms with van der Waals surface area (Å²) in [5.41, 5.74) is 0.545. The Morgan fingerprint density at radius 2 is 2.46 bits per heavy atom. The summed E-state index contributed by atoms with van der Waals surface area (Å²) in [4.78, 5) is 14.4. The Bertz CT molecular complexity index is 483. The Labute approximate surface area is 77.2 Å². The van der Waals surface area contributed by atoms with E-state index in [2.05, 4.69) is 15.2 Å². The van der Waals surface area contributed by atoms with Crippen LogP contribution in [-0.4, -0.2) is 19.7 Å². The fourth-order valence-corrected chi connectivity index (χ4v) is 1.06. The van der Waals surface area contributed by atoms with Crippen LogP contribution in [0.15, 0.2) is 15.4 Å². The summed E-state index contributed by atoms with van der Waals surface area (Å²) in [5.74, 6) is -0.431. The van der Waals surface area contributed by atoms with Gasteiger partial charge in [-0.15, -0.1) is 5.10 Å². The molecule has 0 aliphatic rings. The van der Waals surface area contributed by atoms with Gasteiger partial charge in [0, 0.05) is 7.05 Å². The van der Waals surface area contributed by atoms with Crippen LogP contribution in [0.1, 0.15) is 0 Å². The lowest BCUT2D eigenvalue weighted by atomic mass is 10.5. The van der Waals surface area contributed by atoms with Gasteiger partial charge in [0.1, 0.15) is 5.69 Å². The highest BCUT2D eigenvalue weighted by molar-refractivity contribution is 6.28. The van der Waals surface area contributed by atoms with Crippen LogP contribution in [0.25, 0.3) is 11.6 Å². The summed E-state index contributed by atoms with van der Waals surface area (Å²) < 4.78 is 6.28. The first-order valence-electron chi connectivity index (χ1n) is 3.41. The van der Waals surface area contributed by atoms with Crippen molar-refractivity contribution in [1.29, 1.82) is 0 Å². The average molecular weight is 201 g/mol. The first-order chi connectivity index (χ1) is 6.18. The maximum Gasteiger partial charge on any atom is 0.434 e. The molecule has 0 aliphatic heterocycles. The van der Waals surface area contributed by atoms with Crippen LogP contribution in [0.5, 0.6) is 0 Å². The van der Waals surface area contributed by atoms with Crippen molar-refractivity contribution in [3.8, 4) is 11.6 Å². The molecule has 6 nitrogen and oxygen atoms in total. The Kier molecular flexibility index (Phi) is 1.70. The minimum atomic E-state index is -0.604. The maximum atomic E-state index is 10.6. The predicted molar refractivity (Wildman–Crippen MR) is 44.3 cm³/mol. The molecule has 0 bridgehead atoms. The fraction of sp³-hybridized carbons (Fsp3) is 0.167. The van der Waals surface area contributed by atoms with Gasteiger partial charge >= 0.3 is 5.76 Å². The number of hydrogen-bond donors (Lipinski definition) is 1. The Hall–Kier alpha value is -1.56. The van der Waals surface area contributed by atoms with Crippen LogP contribution in [0, 0.1) is 0 Å². The molecule has 68 valence electrons. The zero-order valence-corrected chi connectivity index (χ0v) is 7.37. The zero-order valence-electron chi connectivity index (χ0n) is 6.61. The van der Waals surface area contributed by atoms with E-state index in [4.69, 9.17) is 16.0 Å². The summed E-state index contributed by atoms with van der Waals surface area (Å²) in [5, 5.41) is 6.09. The van der Waals surface area contributed by atoms with Crippen molar-refractivity contribution in [3.05, 3.63) is 22.0 Å². The third-order valence-corrected chi connectivity index (χ3v) is 1.94. The number of nitrogens with zero attached hydrogens (tertiary/aromatic N) is 3. The summed E-state index contributed by atoms with van der Waals surface area (Å²) in [6.07, 6.45) is 1.47. The molecular weight excluding hydrogens is 196 g/mol. The van der Waals surface area contributed by atoms with Crippen molar-refractivity contribution in [1.82, 2.24) is 19.7 Å². The molecule has 0 radical (unpaired) electrons. The second-order valence-corrected chi connectivity index (χ2v) is 2.73. The standard InChI is InChI=1S/C6H5ClN4O2/c1-11-3(2-8-5(11)7)4-9-10-6(12)13-4/h2H,1H3,(H,10,12). The van der Waals surface area contributed by atoms with E-state index in [1.165, 1.54) is 6.20 Å². The van der Waals surface area contributed by atoms with E-state index < -0.39 is 5.76 Å². The number of imidazole rings is 1. The molecule has 2 rings (SSSR count). The molecule has 7 heteroatoms. The average Bonchev–Trinajstić information content (AvgIpc) is 2.62. The van der Waals surface area contributed by atoms with Gasteiger partial charge in [0.05, 0.1) is 6.20 Å². The number of halogens is 1. The van der Waals surface area contributed by atoms with E-state index in [-0.39, 0.29) is 5.89 Å². The lowest BCUT2D eigenvalue weighted by Gasteiger charge is -1.95. The van der Waals surface area contributed by atoms with Crippen LogP contribution in [0.2, 0.25) is 5.28 Å². The lowest BCUT2D eigenvalue weighted by Crippen LogP contribution is -1.94. The van der Waals surface area contributed by atoms with Gasteiger partial charge < -0.3 is 8.98 Å². The molecule has 0 spiro atoms. The molecular formula is C6H5ClN4O2. The van der Waals surface area contributed by atoms with Gasteiger partial charge in [-0.05, 0) is 11.6 Å². The molecule has 0 unspecified atom stereocenters. The van der Waals surface area contributed by atoms with Gasteiger partial charge in [-0.2, -0.15) is 0 Å². The summed E-state index contributed by atoms with van der Waals surface area (Å²) in [6.45, 7) is 0. The third kappa shape index (κ3) is 1.25. The highest BCUT2D eigenvalue weighted by Gasteiger charge is 2.11. The second-order valence-electron chi connectivity index (χ2n) is 2.39. The smallest absolute Gasteiger partial charge is 0.386 e. The first kappa shape index (κ1) is 8.06. The van der Waals surface area contributed by atoms with Gasteiger partial charge in [0.15, 0.2) is 0 Å². The van der Waals surface area contributed by atoms with Gasteiger partial charge in [0.25, 0.3) is 5.89 Å². The molecule has 0 fully saturated rings. The Morgan fingerprint density at radius 3 is 2.92 bits per heavy atom. The minimum Gasteiger partial charge on any atom is -0.386 e. The highest BCUT2D eigenvalue weighted by Crippen LogP contribution is 2.17. The van der Waals surface area contributed by atoms with Crippen LogP contribution >= 0.6 is 11.6 Å². The van der Waals surface area contributed by atoms with Gasteiger partial charge in [-0.25, -0.2) is 14.9 Å². The number of aromatic amines is 1. The molecule has 2 aromatic rings. The van der Waals surface area contributed by atoms with E-state index in [9.17, 15) is 4.79 Å². The summed E-state index contributed by atoms with van der Waals surface area (Å²) >= 11 is 5.68. The topological polar surface area (TPSA) is 76.7 Å². The second kappa shape index (κ2) is 2.74. The highest BCUT2D eigenvalue weighted by atomic mass is 35.5. The fourth-order valence-electron chi connectivity index (χ4n) is 0.925. The molecule has 2 heterocycles. The van der Waals surface area contributed by atoms with Crippen LogP contribution in [0.4, 0.5) is 0 Å². The van der Waals surface area contributed by atoms with Crippen LogP contribution < -0.4 is 5.76 Å². The normalized spacial score (nSPS) is 10.6. The van der Waals surface area contributed by atoms with Gasteiger partial charge in [0.2, 0.25) is 5.28 Å². The molecule has 0 atom stereocenters. The minimum absolute atomic E-state index is 0.173. The largest absolute Gasteiger partial charge is 0.434 e. The summed E-state index contributed by atoms with van der Waals surface area (Å²) in [6, 6.07) is 0. The first-order valence-corrected chi connectivity index (χ1v) is 3.79. The summed E-state index contributed by atoms with van der Waals surface area (Å²) in [7, 11) is 1.69. The van der Waals surface area contributed by atoms with E-state index >= 15 is 0 Å². The molecule has 0 saturated carbocycles. The van der Waals surface area contributed by atoms with Crippen molar-refractivity contribution in [2.24, 2.45) is 7.05 Å². The number of nitrogens with one attached hydrogen (secondary N) is 1. The predicted octanol–water partition coefficient (Wildman–Crippen LogP) is 0.417. The Balaban J connectivity index is 2.58. The van der Waals surface area contributed by atoms with Crippen LogP contribution in [-0.2, 0) is 7.05 Å². The zero-order chi connectivity index (χ0) is 9.42. The van der Waals surface area contributed by atoms with Crippen molar-refractivity contribution in [2.75, 3.05) is 0 Å². The van der Waals surface area contributed by atoms with Crippen molar-refractivity contribution < 1.29 is 4.42 Å². The van der Waals surface area contributed by atoms with E-state index in [1.807, 2.05) is 0 Å². The van der Waals surface area contributed by atoms with Gasteiger partial charge in [-0.3, -0.25) is 0 Å². The SMILES string of the molecule is Cn1c(-c2n[nH]c(=O)o2)cnc1Cl. The van der Waals surface area contributed by atoms with Crippen molar-refractivity contribution >= 4 is 11.6 Å². The maximum absolute atomic E-state index is 10.6. The lowest BCUT2D eigenvalue weighted by molar-refractivity contribution is 0.523. The monoisotopic (exact) mass is 200 g/mol. The number of hydrogen-bond acceptors (Lipinski definition) is 4. The Morgan fingerprint density at radius 1 is 1.69 bits per heavy atom. The quantitative estimate of drug-likeness (QED) is 0.724. The molecule has 0 saturated heterocycles. The van der Waals surface area contributed by atoms with Crippen LogP contribution in [0.3, 0.4) is 0 Å². The van der Waals surface area contributed by atoms with E-state index in [0.717, 1.165) is 0 Å². The number of rotatable bonds is 1. The third-order valence-electron chi connectivity index (χ3n) is 1.59. The molecule has 13 heavy (non-hydrogen) atoms. The van der Waals surface area contributed by atoms with Gasteiger partial charge in [-0.1, -0.05) is 0 Å². The molecule has 2 aromatic heterocycles. The van der Waals surface area contributed by atoms with E-state index in [1.54, 1.807) is 11.6 Å². The number of H-pyrrole nitrogens is 1. The number of aromatic nitrogens is 4. The molecule has 0 aromatic carbocycles. The molecule has 0 aliphatic carbocycles. The van der Waals surface area contributed by atoms with E-state index in [0.29, 0.717) is 11.0 Å².